The molecular formula is C19H27N3O. The summed E-state index contributed by atoms with van der Waals surface area (Å²) in [5.41, 5.74) is 1.73. The Hall–Kier alpha value is -1.29. The van der Waals surface area contributed by atoms with Gasteiger partial charge in [0.25, 0.3) is 0 Å². The Kier molecular flexibility index (Phi) is 3.29. The van der Waals surface area contributed by atoms with E-state index >= 15 is 0 Å². The molecule has 0 aromatic carbocycles. The number of piperidine rings is 1. The molecule has 4 fully saturated rings. The quantitative estimate of drug-likeness (QED) is 0.857. The van der Waals surface area contributed by atoms with E-state index in [4.69, 9.17) is 4.74 Å². The molecule has 3 aliphatic heterocycles. The van der Waals surface area contributed by atoms with Crippen molar-refractivity contribution in [2.45, 2.75) is 56.6 Å². The number of rotatable bonds is 3. The lowest BCUT2D eigenvalue weighted by molar-refractivity contribution is 0.194. The Morgan fingerprint density at radius 2 is 1.87 bits per heavy atom. The van der Waals surface area contributed by atoms with Crippen LogP contribution in [0.1, 0.15) is 44.9 Å². The summed E-state index contributed by atoms with van der Waals surface area (Å²) >= 11 is 0. The maximum Gasteiger partial charge on any atom is 0.140 e. The van der Waals surface area contributed by atoms with Crippen LogP contribution in [0.25, 0.3) is 0 Å². The minimum atomic E-state index is 0.411. The molecule has 1 atom stereocenters. The molecule has 2 bridgehead atoms. The van der Waals surface area contributed by atoms with E-state index in [2.05, 4.69) is 20.9 Å². The summed E-state index contributed by atoms with van der Waals surface area (Å²) in [7, 11) is 0. The lowest BCUT2D eigenvalue weighted by atomic mass is 9.85. The first-order chi connectivity index (χ1) is 11.3. The summed E-state index contributed by atoms with van der Waals surface area (Å²) in [5, 5.41) is 0. The summed E-state index contributed by atoms with van der Waals surface area (Å²) in [6.45, 7) is 5.00. The minimum absolute atomic E-state index is 0.411. The Morgan fingerprint density at radius 3 is 2.61 bits per heavy atom. The number of pyridine rings is 1. The summed E-state index contributed by atoms with van der Waals surface area (Å²) < 4.78 is 6.15. The van der Waals surface area contributed by atoms with E-state index < -0.39 is 0 Å². The molecule has 0 amide bonds. The first-order valence-electron chi connectivity index (χ1n) is 9.45. The van der Waals surface area contributed by atoms with Crippen LogP contribution in [0.15, 0.2) is 18.5 Å². The molecule has 0 radical (unpaired) electrons. The zero-order valence-corrected chi connectivity index (χ0v) is 13.9. The van der Waals surface area contributed by atoms with Crippen LogP contribution in [0.5, 0.6) is 5.75 Å². The van der Waals surface area contributed by atoms with E-state index in [-0.39, 0.29) is 0 Å². The van der Waals surface area contributed by atoms with Crippen LogP contribution >= 0.6 is 0 Å². The predicted octanol–water partition coefficient (Wildman–Crippen LogP) is 3.08. The summed E-state index contributed by atoms with van der Waals surface area (Å²) in [5.74, 6) is 1.89. The normalized spacial score (nSPS) is 36.4. The van der Waals surface area contributed by atoms with Crippen LogP contribution in [0, 0.1) is 5.92 Å². The van der Waals surface area contributed by atoms with E-state index in [0.29, 0.717) is 11.6 Å². The number of nitrogens with zero attached hydrogens (tertiary/aromatic N) is 3. The number of anilines is 1. The molecule has 5 rings (SSSR count). The van der Waals surface area contributed by atoms with Gasteiger partial charge in [-0.15, -0.1) is 0 Å². The van der Waals surface area contributed by atoms with Crippen LogP contribution in [0.4, 0.5) is 5.69 Å². The Morgan fingerprint density at radius 1 is 1.04 bits per heavy atom. The molecule has 124 valence electrons. The van der Waals surface area contributed by atoms with Crippen molar-refractivity contribution in [1.29, 1.82) is 0 Å². The van der Waals surface area contributed by atoms with Crippen molar-refractivity contribution in [3.63, 3.8) is 0 Å². The van der Waals surface area contributed by atoms with Gasteiger partial charge in [-0.1, -0.05) is 0 Å². The average molecular weight is 313 g/mol. The third kappa shape index (κ3) is 2.25. The maximum absolute atomic E-state index is 6.15. The van der Waals surface area contributed by atoms with Gasteiger partial charge in [0.15, 0.2) is 0 Å². The number of aromatic nitrogens is 1. The van der Waals surface area contributed by atoms with Crippen molar-refractivity contribution in [2.24, 2.45) is 5.92 Å². The highest BCUT2D eigenvalue weighted by Crippen LogP contribution is 2.49. The van der Waals surface area contributed by atoms with E-state index in [1.54, 1.807) is 0 Å². The highest BCUT2D eigenvalue weighted by Gasteiger charge is 2.55. The van der Waals surface area contributed by atoms with Gasteiger partial charge in [0.05, 0.1) is 24.2 Å². The second-order valence-corrected chi connectivity index (χ2v) is 7.94. The van der Waals surface area contributed by atoms with Crippen molar-refractivity contribution < 1.29 is 4.74 Å². The molecule has 4 heteroatoms. The standard InChI is InChI=1S/C19H27N3O/c1-2-4-17(3-1)23-18-11-16(12-20-13-18)21-10-7-19(14-21)15-5-8-22(19)9-6-15/h11-13,15,17H,1-10,14H2. The van der Waals surface area contributed by atoms with Crippen molar-refractivity contribution >= 4 is 5.69 Å². The molecule has 23 heavy (non-hydrogen) atoms. The monoisotopic (exact) mass is 313 g/mol. The highest BCUT2D eigenvalue weighted by molar-refractivity contribution is 5.50. The van der Waals surface area contributed by atoms with Crippen molar-refractivity contribution in [2.75, 3.05) is 31.1 Å². The molecule has 1 aromatic rings. The van der Waals surface area contributed by atoms with Crippen LogP contribution in [0.2, 0.25) is 0 Å². The third-order valence-electron chi connectivity index (χ3n) is 6.83. The zero-order chi connectivity index (χ0) is 15.3. The molecule has 0 N–H and O–H groups in total. The largest absolute Gasteiger partial charge is 0.489 e. The van der Waals surface area contributed by atoms with Gasteiger partial charge in [0.1, 0.15) is 5.75 Å². The fourth-order valence-electron chi connectivity index (χ4n) is 5.59. The maximum atomic E-state index is 6.15. The van der Waals surface area contributed by atoms with Crippen LogP contribution in [0.3, 0.4) is 0 Å². The Bertz CT molecular complexity index is 564. The van der Waals surface area contributed by atoms with Gasteiger partial charge in [-0.25, -0.2) is 0 Å². The van der Waals surface area contributed by atoms with Gasteiger partial charge in [-0.2, -0.15) is 0 Å². The molecule has 1 aromatic heterocycles. The molecule has 4 heterocycles. The SMILES string of the molecule is c1ncc(N2CCC3(C2)C2CCN3CC2)cc1OC1CCCC1. The summed E-state index contributed by atoms with van der Waals surface area (Å²) in [6.07, 6.45) is 13.5. The van der Waals surface area contributed by atoms with Gasteiger partial charge < -0.3 is 9.64 Å². The van der Waals surface area contributed by atoms with Crippen molar-refractivity contribution in [3.05, 3.63) is 18.5 Å². The van der Waals surface area contributed by atoms with E-state index in [9.17, 15) is 0 Å². The summed E-state index contributed by atoms with van der Waals surface area (Å²) in [4.78, 5) is 9.77. The Labute approximate surface area is 138 Å². The number of hydrogen-bond donors (Lipinski definition) is 0. The average Bonchev–Trinajstić information content (AvgIpc) is 3.36. The molecule has 4 nitrogen and oxygen atoms in total. The molecule has 1 spiro atoms. The van der Waals surface area contributed by atoms with Crippen LogP contribution in [-0.4, -0.2) is 47.7 Å². The third-order valence-corrected chi connectivity index (χ3v) is 6.83. The van der Waals surface area contributed by atoms with Gasteiger partial charge in [-0.3, -0.25) is 9.88 Å². The van der Waals surface area contributed by atoms with Crippen molar-refractivity contribution in [1.82, 2.24) is 9.88 Å². The molecule has 1 aliphatic carbocycles. The molecule has 1 unspecified atom stereocenters. The number of hydrogen-bond acceptors (Lipinski definition) is 4. The highest BCUT2D eigenvalue weighted by atomic mass is 16.5. The predicted molar refractivity (Wildman–Crippen MR) is 91.0 cm³/mol. The summed E-state index contributed by atoms with van der Waals surface area (Å²) in [6, 6.07) is 2.22. The topological polar surface area (TPSA) is 28.6 Å². The smallest absolute Gasteiger partial charge is 0.140 e. The van der Waals surface area contributed by atoms with Gasteiger partial charge >= 0.3 is 0 Å². The van der Waals surface area contributed by atoms with Crippen molar-refractivity contribution in [3.8, 4) is 5.75 Å². The number of ether oxygens (including phenoxy) is 1. The molecule has 4 aliphatic rings. The Balaban J connectivity index is 1.32. The fourth-order valence-corrected chi connectivity index (χ4v) is 5.59. The van der Waals surface area contributed by atoms with Gasteiger partial charge in [0.2, 0.25) is 0 Å². The molecule has 3 saturated heterocycles. The first-order valence-corrected chi connectivity index (χ1v) is 9.45. The lowest BCUT2D eigenvalue weighted by Crippen LogP contribution is -2.44. The lowest BCUT2D eigenvalue weighted by Gasteiger charge is -2.32. The fraction of sp³-hybridized carbons (Fsp3) is 0.737. The van der Waals surface area contributed by atoms with Gasteiger partial charge in [0, 0.05) is 24.7 Å². The molecule has 1 saturated carbocycles. The van der Waals surface area contributed by atoms with Crippen LogP contribution < -0.4 is 9.64 Å². The second-order valence-electron chi connectivity index (χ2n) is 7.94. The van der Waals surface area contributed by atoms with E-state index in [1.807, 2.05) is 12.4 Å². The van der Waals surface area contributed by atoms with Gasteiger partial charge in [-0.05, 0) is 64.0 Å². The minimum Gasteiger partial charge on any atom is -0.489 e. The van der Waals surface area contributed by atoms with E-state index in [0.717, 1.165) is 11.7 Å². The van der Waals surface area contributed by atoms with E-state index in [1.165, 1.54) is 76.8 Å². The first kappa shape index (κ1) is 14.1. The van der Waals surface area contributed by atoms with Crippen LogP contribution in [-0.2, 0) is 0 Å². The molecular weight excluding hydrogens is 286 g/mol. The second kappa shape index (κ2) is 5.37. The zero-order valence-electron chi connectivity index (χ0n) is 13.9.